The van der Waals surface area contributed by atoms with Crippen molar-refractivity contribution in [2.75, 3.05) is 5.32 Å². The Hall–Kier alpha value is -3.59. The van der Waals surface area contributed by atoms with Crippen LogP contribution in [0.1, 0.15) is 18.9 Å². The van der Waals surface area contributed by atoms with Gasteiger partial charge in [0.1, 0.15) is 29.7 Å². The lowest BCUT2D eigenvalue weighted by atomic mass is 10.1. The van der Waals surface area contributed by atoms with Crippen molar-refractivity contribution in [1.29, 1.82) is 0 Å². The lowest BCUT2D eigenvalue weighted by molar-refractivity contribution is 0.228. The number of hydrogen-bond donors (Lipinski definition) is 2. The Labute approximate surface area is 185 Å². The third kappa shape index (κ3) is 5.13. The van der Waals surface area contributed by atoms with Gasteiger partial charge in [-0.1, -0.05) is 48.6 Å². The number of rotatable bonds is 5. The molecule has 0 bridgehead atoms. The van der Waals surface area contributed by atoms with E-state index in [1.165, 1.54) is 6.33 Å². The number of halogens is 1. The highest BCUT2D eigenvalue weighted by molar-refractivity contribution is 6.32. The van der Waals surface area contributed by atoms with Crippen molar-refractivity contribution >= 4 is 34.0 Å². The standard InChI is InChI=1S/C25H20ClN3O2/c1-2-19(30)11-8-17-9-12-23-21(14-17)25(28-16-27-23)29-18-10-13-24(22(26)15-18)31-20-6-4-3-5-7-20/h3-7,9-10,12-16,19,30H,2H2,1H3,(H,27,28,29). The Kier molecular flexibility index (Phi) is 6.32. The van der Waals surface area contributed by atoms with Gasteiger partial charge in [0.15, 0.2) is 0 Å². The van der Waals surface area contributed by atoms with E-state index in [0.717, 1.165) is 22.2 Å². The summed E-state index contributed by atoms with van der Waals surface area (Å²) in [6.45, 7) is 1.89. The number of anilines is 2. The zero-order valence-corrected chi connectivity index (χ0v) is 17.6. The van der Waals surface area contributed by atoms with E-state index < -0.39 is 6.10 Å². The summed E-state index contributed by atoms with van der Waals surface area (Å²) in [5, 5.41) is 14.3. The number of para-hydroxylation sites is 1. The second-order valence-corrected chi connectivity index (χ2v) is 7.24. The highest BCUT2D eigenvalue weighted by Gasteiger charge is 2.08. The molecule has 0 aliphatic rings. The summed E-state index contributed by atoms with van der Waals surface area (Å²) in [7, 11) is 0. The minimum absolute atomic E-state index is 0.479. The van der Waals surface area contributed by atoms with Gasteiger partial charge in [-0.2, -0.15) is 0 Å². The molecule has 31 heavy (non-hydrogen) atoms. The van der Waals surface area contributed by atoms with Crippen LogP contribution in [0.2, 0.25) is 5.02 Å². The molecular formula is C25H20ClN3O2. The van der Waals surface area contributed by atoms with Crippen LogP contribution in [0.3, 0.4) is 0 Å². The summed E-state index contributed by atoms with van der Waals surface area (Å²) in [5.74, 6) is 7.75. The van der Waals surface area contributed by atoms with E-state index in [2.05, 4.69) is 27.1 Å². The summed E-state index contributed by atoms with van der Waals surface area (Å²) in [6.07, 6.45) is 1.45. The van der Waals surface area contributed by atoms with E-state index in [1.807, 2.05) is 67.6 Å². The van der Waals surface area contributed by atoms with Crippen LogP contribution in [0.25, 0.3) is 10.9 Å². The molecule has 0 saturated heterocycles. The molecule has 4 rings (SSSR count). The van der Waals surface area contributed by atoms with Gasteiger partial charge in [0.2, 0.25) is 0 Å². The minimum Gasteiger partial charge on any atom is -0.456 e. The maximum atomic E-state index is 9.69. The molecule has 1 aromatic heterocycles. The molecule has 3 aromatic carbocycles. The van der Waals surface area contributed by atoms with E-state index in [9.17, 15) is 5.11 Å². The van der Waals surface area contributed by atoms with Crippen LogP contribution < -0.4 is 10.1 Å². The van der Waals surface area contributed by atoms with Gasteiger partial charge in [-0.25, -0.2) is 9.97 Å². The quantitative estimate of drug-likeness (QED) is 0.384. The average Bonchev–Trinajstić information content (AvgIpc) is 2.80. The zero-order valence-electron chi connectivity index (χ0n) is 16.8. The number of nitrogens with one attached hydrogen (secondary N) is 1. The maximum absolute atomic E-state index is 9.69. The Morgan fingerprint density at radius 1 is 1.06 bits per heavy atom. The van der Waals surface area contributed by atoms with E-state index in [0.29, 0.717) is 28.8 Å². The molecule has 4 aromatic rings. The average molecular weight is 430 g/mol. The molecular weight excluding hydrogens is 410 g/mol. The van der Waals surface area contributed by atoms with Crippen molar-refractivity contribution in [2.24, 2.45) is 0 Å². The van der Waals surface area contributed by atoms with Gasteiger partial charge in [0, 0.05) is 16.6 Å². The smallest absolute Gasteiger partial charge is 0.146 e. The number of hydrogen-bond acceptors (Lipinski definition) is 5. The fourth-order valence-corrected chi connectivity index (χ4v) is 3.14. The lowest BCUT2D eigenvalue weighted by Crippen LogP contribution is -1.99. The van der Waals surface area contributed by atoms with Gasteiger partial charge in [-0.3, -0.25) is 0 Å². The van der Waals surface area contributed by atoms with Crippen LogP contribution in [0.4, 0.5) is 11.5 Å². The normalized spacial score (nSPS) is 11.5. The molecule has 154 valence electrons. The largest absolute Gasteiger partial charge is 0.456 e. The van der Waals surface area contributed by atoms with Gasteiger partial charge in [-0.05, 0) is 55.0 Å². The number of nitrogens with zero attached hydrogens (tertiary/aromatic N) is 2. The third-order valence-corrected chi connectivity index (χ3v) is 4.87. The molecule has 5 nitrogen and oxygen atoms in total. The first-order valence-electron chi connectivity index (χ1n) is 9.86. The molecule has 6 heteroatoms. The van der Waals surface area contributed by atoms with Crippen LogP contribution in [0.15, 0.2) is 73.1 Å². The second kappa shape index (κ2) is 9.48. The molecule has 1 unspecified atom stereocenters. The number of aliphatic hydroxyl groups excluding tert-OH is 1. The van der Waals surface area contributed by atoms with Gasteiger partial charge < -0.3 is 15.2 Å². The highest BCUT2D eigenvalue weighted by Crippen LogP contribution is 2.33. The first-order chi connectivity index (χ1) is 15.1. The van der Waals surface area contributed by atoms with Crippen LogP contribution in [-0.4, -0.2) is 21.2 Å². The number of aromatic nitrogens is 2. The predicted octanol–water partition coefficient (Wildman–Crippen LogP) is 5.94. The summed E-state index contributed by atoms with van der Waals surface area (Å²) >= 11 is 6.43. The molecule has 2 N–H and O–H groups in total. The van der Waals surface area contributed by atoms with Crippen molar-refractivity contribution in [3.05, 3.63) is 83.6 Å². The molecule has 0 spiro atoms. The lowest BCUT2D eigenvalue weighted by Gasteiger charge is -2.11. The van der Waals surface area contributed by atoms with Crippen LogP contribution in [0, 0.1) is 11.8 Å². The summed E-state index contributed by atoms with van der Waals surface area (Å²) in [4.78, 5) is 8.70. The van der Waals surface area contributed by atoms with E-state index in [-0.39, 0.29) is 0 Å². The second-order valence-electron chi connectivity index (χ2n) is 6.83. The fraction of sp³-hybridized carbons (Fsp3) is 0.120. The molecule has 1 heterocycles. The Morgan fingerprint density at radius 2 is 1.90 bits per heavy atom. The summed E-state index contributed by atoms with van der Waals surface area (Å²) in [6, 6.07) is 20.6. The molecule has 0 radical (unpaired) electrons. The Bertz CT molecular complexity index is 1270. The molecule has 1 atom stereocenters. The first kappa shape index (κ1) is 20.7. The molecule has 0 saturated carbocycles. The molecule has 0 aliphatic heterocycles. The van der Waals surface area contributed by atoms with Gasteiger partial charge >= 0.3 is 0 Å². The Morgan fingerprint density at radius 3 is 2.68 bits per heavy atom. The fourth-order valence-electron chi connectivity index (χ4n) is 2.92. The number of fused-ring (bicyclic) bond motifs is 1. The van der Waals surface area contributed by atoms with Crippen molar-refractivity contribution < 1.29 is 9.84 Å². The molecule has 0 aliphatic carbocycles. The summed E-state index contributed by atoms with van der Waals surface area (Å²) in [5.41, 5.74) is 2.33. The number of benzene rings is 3. The topological polar surface area (TPSA) is 67.3 Å². The van der Waals surface area contributed by atoms with Gasteiger partial charge in [0.25, 0.3) is 0 Å². The zero-order chi connectivity index (χ0) is 21.6. The van der Waals surface area contributed by atoms with E-state index in [1.54, 1.807) is 6.07 Å². The first-order valence-corrected chi connectivity index (χ1v) is 10.2. The number of ether oxygens (including phenoxy) is 1. The molecule has 0 amide bonds. The Balaban J connectivity index is 1.60. The van der Waals surface area contributed by atoms with Crippen LogP contribution in [-0.2, 0) is 0 Å². The van der Waals surface area contributed by atoms with Crippen molar-refractivity contribution in [2.45, 2.75) is 19.4 Å². The summed E-state index contributed by atoms with van der Waals surface area (Å²) < 4.78 is 5.83. The van der Waals surface area contributed by atoms with Gasteiger partial charge in [-0.15, -0.1) is 0 Å². The predicted molar refractivity (Wildman–Crippen MR) is 124 cm³/mol. The third-order valence-electron chi connectivity index (χ3n) is 4.57. The minimum atomic E-state index is -0.640. The van der Waals surface area contributed by atoms with E-state index in [4.69, 9.17) is 16.3 Å². The molecule has 0 fully saturated rings. The number of aliphatic hydroxyl groups is 1. The van der Waals surface area contributed by atoms with Crippen molar-refractivity contribution in [3.63, 3.8) is 0 Å². The van der Waals surface area contributed by atoms with Crippen LogP contribution >= 0.6 is 11.6 Å². The van der Waals surface area contributed by atoms with Crippen molar-refractivity contribution in [3.8, 4) is 23.3 Å². The monoisotopic (exact) mass is 429 g/mol. The van der Waals surface area contributed by atoms with Gasteiger partial charge in [0.05, 0.1) is 10.5 Å². The van der Waals surface area contributed by atoms with Crippen molar-refractivity contribution in [1.82, 2.24) is 9.97 Å². The highest BCUT2D eigenvalue weighted by atomic mass is 35.5. The SMILES string of the molecule is CCC(O)C#Cc1ccc2ncnc(Nc3ccc(Oc4ccccc4)c(Cl)c3)c2c1. The van der Waals surface area contributed by atoms with Crippen LogP contribution in [0.5, 0.6) is 11.5 Å². The maximum Gasteiger partial charge on any atom is 0.146 e. The van der Waals surface area contributed by atoms with E-state index >= 15 is 0 Å².